The Labute approximate surface area is 126 Å². The third kappa shape index (κ3) is 4.69. The van der Waals surface area contributed by atoms with Gasteiger partial charge < -0.3 is 15.5 Å². The molecule has 0 aromatic heterocycles. The Balaban J connectivity index is 2.94. The molecule has 0 atom stereocenters. The molecular formula is C15H24ClN3O. The van der Waals surface area contributed by atoms with Crippen LogP contribution in [-0.4, -0.2) is 32.1 Å². The number of hydrogen-bond acceptors (Lipinski definition) is 3. The molecule has 0 heterocycles. The summed E-state index contributed by atoms with van der Waals surface area (Å²) >= 11 is 6.26. The summed E-state index contributed by atoms with van der Waals surface area (Å²) in [5.74, 6) is 0.0252. The molecule has 0 radical (unpaired) electrons. The zero-order valence-corrected chi connectivity index (χ0v) is 13.4. The van der Waals surface area contributed by atoms with E-state index in [2.05, 4.69) is 10.6 Å². The third-order valence-electron chi connectivity index (χ3n) is 2.95. The lowest BCUT2D eigenvalue weighted by Gasteiger charge is -2.26. The van der Waals surface area contributed by atoms with Crippen LogP contribution in [0.1, 0.15) is 26.3 Å². The summed E-state index contributed by atoms with van der Waals surface area (Å²) in [4.78, 5) is 14.0. The summed E-state index contributed by atoms with van der Waals surface area (Å²) in [6.07, 6.45) is 0. The second-order valence-corrected chi connectivity index (χ2v) is 5.41. The van der Waals surface area contributed by atoms with Gasteiger partial charge in [0.2, 0.25) is 5.91 Å². The van der Waals surface area contributed by atoms with Gasteiger partial charge in [-0.2, -0.15) is 0 Å². The topological polar surface area (TPSA) is 44.4 Å². The van der Waals surface area contributed by atoms with Crippen molar-refractivity contribution in [3.05, 3.63) is 28.8 Å². The normalized spacial score (nSPS) is 10.7. The smallest absolute Gasteiger partial charge is 0.239 e. The number of anilines is 1. The van der Waals surface area contributed by atoms with Crippen molar-refractivity contribution in [2.75, 3.05) is 25.0 Å². The first-order valence-corrected chi connectivity index (χ1v) is 7.33. The average molecular weight is 298 g/mol. The minimum absolute atomic E-state index is 0.0252. The van der Waals surface area contributed by atoms with Crippen molar-refractivity contribution < 1.29 is 4.79 Å². The summed E-state index contributed by atoms with van der Waals surface area (Å²) in [5.41, 5.74) is 2.03. The van der Waals surface area contributed by atoms with E-state index in [0.29, 0.717) is 13.1 Å². The molecule has 112 valence electrons. The largest absolute Gasteiger partial charge is 0.362 e. The zero-order valence-electron chi connectivity index (χ0n) is 12.7. The Hall–Kier alpha value is -1.26. The number of likely N-dealkylation sites (N-methyl/N-ethyl adjacent to an activating group) is 1. The number of nitrogens with zero attached hydrogens (tertiary/aromatic N) is 1. The Morgan fingerprint density at radius 2 is 2.10 bits per heavy atom. The predicted octanol–water partition coefficient (Wildman–Crippen LogP) is 2.41. The van der Waals surface area contributed by atoms with E-state index in [-0.39, 0.29) is 11.9 Å². The second-order valence-electron chi connectivity index (χ2n) is 5.00. The van der Waals surface area contributed by atoms with Crippen LogP contribution in [0.4, 0.5) is 5.69 Å². The van der Waals surface area contributed by atoms with Gasteiger partial charge in [0.25, 0.3) is 0 Å². The number of hydrogen-bond donors (Lipinski definition) is 2. The maximum Gasteiger partial charge on any atom is 0.239 e. The third-order valence-corrected chi connectivity index (χ3v) is 3.31. The molecule has 1 rings (SSSR count). The summed E-state index contributed by atoms with van der Waals surface area (Å²) in [7, 11) is 1.88. The van der Waals surface area contributed by atoms with E-state index in [0.717, 1.165) is 22.8 Å². The predicted molar refractivity (Wildman–Crippen MR) is 85.4 cm³/mol. The second kappa shape index (κ2) is 8.12. The number of rotatable bonds is 7. The summed E-state index contributed by atoms with van der Waals surface area (Å²) in [6.45, 7) is 7.72. The molecule has 0 bridgehead atoms. The number of amides is 1. The van der Waals surface area contributed by atoms with Crippen LogP contribution < -0.4 is 15.5 Å². The number of carbonyl (C=O) groups excluding carboxylic acids is 1. The van der Waals surface area contributed by atoms with Gasteiger partial charge in [-0.15, -0.1) is 0 Å². The highest BCUT2D eigenvalue weighted by Crippen LogP contribution is 2.27. The van der Waals surface area contributed by atoms with E-state index in [1.165, 1.54) is 0 Å². The lowest BCUT2D eigenvalue weighted by atomic mass is 10.1. The van der Waals surface area contributed by atoms with Crippen LogP contribution >= 0.6 is 11.6 Å². The Morgan fingerprint density at radius 3 is 2.65 bits per heavy atom. The highest BCUT2D eigenvalue weighted by Gasteiger charge is 2.15. The molecule has 0 aliphatic heterocycles. The maximum absolute atomic E-state index is 11.9. The molecule has 2 N–H and O–H groups in total. The van der Waals surface area contributed by atoms with Crippen LogP contribution in [-0.2, 0) is 11.3 Å². The molecule has 0 fully saturated rings. The van der Waals surface area contributed by atoms with Gasteiger partial charge in [0, 0.05) is 35.4 Å². The number of benzene rings is 1. The quantitative estimate of drug-likeness (QED) is 0.812. The standard InChI is InChI=1S/C15H24ClN3O/c1-5-19(10-15(20)18-11(2)3)14-8-6-7-13(16)12(14)9-17-4/h6-8,11,17H,5,9-10H2,1-4H3,(H,18,20). The molecule has 1 amide bonds. The van der Waals surface area contributed by atoms with E-state index in [9.17, 15) is 4.79 Å². The minimum Gasteiger partial charge on any atom is -0.362 e. The molecule has 0 saturated heterocycles. The van der Waals surface area contributed by atoms with E-state index in [4.69, 9.17) is 11.6 Å². The van der Waals surface area contributed by atoms with Crippen LogP contribution in [0.3, 0.4) is 0 Å². The fourth-order valence-electron chi connectivity index (χ4n) is 2.10. The van der Waals surface area contributed by atoms with Gasteiger partial charge in [0.05, 0.1) is 6.54 Å². The molecule has 0 unspecified atom stereocenters. The molecule has 20 heavy (non-hydrogen) atoms. The minimum atomic E-state index is 0.0252. The highest BCUT2D eigenvalue weighted by molar-refractivity contribution is 6.31. The van der Waals surface area contributed by atoms with Gasteiger partial charge >= 0.3 is 0 Å². The van der Waals surface area contributed by atoms with E-state index in [1.807, 2.05) is 50.9 Å². The molecule has 1 aromatic carbocycles. The van der Waals surface area contributed by atoms with Crippen molar-refractivity contribution in [3.8, 4) is 0 Å². The molecule has 1 aromatic rings. The van der Waals surface area contributed by atoms with Crippen LogP contribution in [0.25, 0.3) is 0 Å². The summed E-state index contributed by atoms with van der Waals surface area (Å²) < 4.78 is 0. The van der Waals surface area contributed by atoms with Crippen molar-refractivity contribution in [3.63, 3.8) is 0 Å². The zero-order chi connectivity index (χ0) is 15.1. The molecular weight excluding hydrogens is 274 g/mol. The van der Waals surface area contributed by atoms with Crippen LogP contribution in [0, 0.1) is 0 Å². The van der Waals surface area contributed by atoms with Crippen LogP contribution in [0.5, 0.6) is 0 Å². The fraction of sp³-hybridized carbons (Fsp3) is 0.533. The molecule has 0 spiro atoms. The lowest BCUT2D eigenvalue weighted by Crippen LogP contribution is -2.40. The van der Waals surface area contributed by atoms with Gasteiger partial charge in [-0.1, -0.05) is 17.7 Å². The molecule has 5 heteroatoms. The van der Waals surface area contributed by atoms with Gasteiger partial charge in [0.1, 0.15) is 0 Å². The molecule has 4 nitrogen and oxygen atoms in total. The number of nitrogens with one attached hydrogen (secondary N) is 2. The SMILES string of the molecule is CCN(CC(=O)NC(C)C)c1cccc(Cl)c1CNC. The van der Waals surface area contributed by atoms with Crippen molar-refractivity contribution in [2.24, 2.45) is 0 Å². The Kier molecular flexibility index (Phi) is 6.82. The molecule has 0 aliphatic rings. The van der Waals surface area contributed by atoms with Crippen LogP contribution in [0.15, 0.2) is 18.2 Å². The molecule has 0 saturated carbocycles. The van der Waals surface area contributed by atoms with E-state index in [1.54, 1.807) is 0 Å². The Bertz CT molecular complexity index is 449. The van der Waals surface area contributed by atoms with Crippen molar-refractivity contribution in [2.45, 2.75) is 33.4 Å². The van der Waals surface area contributed by atoms with E-state index >= 15 is 0 Å². The van der Waals surface area contributed by atoms with Gasteiger partial charge in [0.15, 0.2) is 0 Å². The Morgan fingerprint density at radius 1 is 1.40 bits per heavy atom. The highest BCUT2D eigenvalue weighted by atomic mass is 35.5. The van der Waals surface area contributed by atoms with E-state index < -0.39 is 0 Å². The van der Waals surface area contributed by atoms with Crippen molar-refractivity contribution >= 4 is 23.2 Å². The number of halogens is 1. The first-order valence-electron chi connectivity index (χ1n) is 6.95. The number of carbonyl (C=O) groups is 1. The monoisotopic (exact) mass is 297 g/mol. The van der Waals surface area contributed by atoms with Crippen LogP contribution in [0.2, 0.25) is 5.02 Å². The lowest BCUT2D eigenvalue weighted by molar-refractivity contribution is -0.120. The first kappa shape index (κ1) is 16.8. The average Bonchev–Trinajstić information content (AvgIpc) is 2.38. The molecule has 0 aliphatic carbocycles. The van der Waals surface area contributed by atoms with Gasteiger partial charge in [-0.05, 0) is 40.0 Å². The van der Waals surface area contributed by atoms with Gasteiger partial charge in [-0.25, -0.2) is 0 Å². The van der Waals surface area contributed by atoms with Crippen molar-refractivity contribution in [1.82, 2.24) is 10.6 Å². The fourth-order valence-corrected chi connectivity index (χ4v) is 2.34. The van der Waals surface area contributed by atoms with Gasteiger partial charge in [-0.3, -0.25) is 4.79 Å². The maximum atomic E-state index is 11.9. The summed E-state index contributed by atoms with van der Waals surface area (Å²) in [5, 5.41) is 6.75. The summed E-state index contributed by atoms with van der Waals surface area (Å²) in [6, 6.07) is 5.95. The first-order chi connectivity index (χ1) is 9.49. The van der Waals surface area contributed by atoms with Crippen molar-refractivity contribution in [1.29, 1.82) is 0 Å².